The zero-order valence-electron chi connectivity index (χ0n) is 17.2. The zero-order chi connectivity index (χ0) is 19.6. The third-order valence-corrected chi connectivity index (χ3v) is 8.12. The molecule has 0 N–H and O–H groups in total. The number of fused-ring (bicyclic) bond motifs is 1. The molecule has 1 nitrogen and oxygen atoms in total. The van der Waals surface area contributed by atoms with E-state index in [9.17, 15) is 4.79 Å². The first-order valence-electron chi connectivity index (χ1n) is 11.2. The molecule has 3 aromatic rings. The summed E-state index contributed by atoms with van der Waals surface area (Å²) >= 11 is 0. The number of benzene rings is 3. The molecule has 3 aromatic carbocycles. The van der Waals surface area contributed by atoms with E-state index < -0.39 is 0 Å². The molecule has 4 saturated carbocycles. The molecule has 0 aliphatic heterocycles. The molecule has 7 rings (SSSR count). The minimum atomic E-state index is 0.245. The van der Waals surface area contributed by atoms with E-state index in [4.69, 9.17) is 0 Å². The molecular weight excluding hydrogens is 352 g/mol. The van der Waals surface area contributed by atoms with Gasteiger partial charge in [-0.25, -0.2) is 0 Å². The highest BCUT2D eigenvalue weighted by atomic mass is 16.1. The molecule has 1 heteroatoms. The Bertz CT molecular complexity index is 1090. The minimum absolute atomic E-state index is 0.245. The summed E-state index contributed by atoms with van der Waals surface area (Å²) < 4.78 is 0. The van der Waals surface area contributed by atoms with Crippen molar-refractivity contribution in [3.8, 4) is 11.1 Å². The van der Waals surface area contributed by atoms with Crippen LogP contribution in [0.2, 0.25) is 0 Å². The summed E-state index contributed by atoms with van der Waals surface area (Å²) in [5.74, 6) is 2.65. The third-order valence-electron chi connectivity index (χ3n) is 8.12. The number of carbonyl (C=O) groups excluding carboxylic acids is 1. The van der Waals surface area contributed by atoms with Crippen LogP contribution in [0.3, 0.4) is 0 Å². The smallest absolute Gasteiger partial charge is 0.150 e. The van der Waals surface area contributed by atoms with Crippen molar-refractivity contribution >= 4 is 17.1 Å². The summed E-state index contributed by atoms with van der Waals surface area (Å²) in [7, 11) is 0. The summed E-state index contributed by atoms with van der Waals surface area (Å²) in [6, 6.07) is 20.0. The van der Waals surface area contributed by atoms with Crippen LogP contribution >= 0.6 is 0 Å². The molecule has 0 heterocycles. The Labute approximate surface area is 173 Å². The highest BCUT2D eigenvalue weighted by Gasteiger charge is 2.52. The molecule has 4 fully saturated rings. The van der Waals surface area contributed by atoms with Crippen LogP contribution in [-0.2, 0) is 5.41 Å². The van der Waals surface area contributed by atoms with Crippen LogP contribution in [0.1, 0.15) is 60.0 Å². The highest BCUT2D eigenvalue weighted by molar-refractivity contribution is 5.88. The van der Waals surface area contributed by atoms with Crippen LogP contribution in [0.25, 0.3) is 21.9 Å². The van der Waals surface area contributed by atoms with Gasteiger partial charge in [-0.05, 0) is 108 Å². The maximum Gasteiger partial charge on any atom is 0.150 e. The molecular formula is C28H28O. The summed E-state index contributed by atoms with van der Waals surface area (Å²) in [5, 5.41) is 2.57. The van der Waals surface area contributed by atoms with Gasteiger partial charge in [-0.2, -0.15) is 0 Å². The lowest BCUT2D eigenvalue weighted by Gasteiger charge is -2.57. The Morgan fingerprint density at radius 3 is 2.03 bits per heavy atom. The fourth-order valence-electron chi connectivity index (χ4n) is 7.28. The summed E-state index contributed by atoms with van der Waals surface area (Å²) in [6.07, 6.45) is 9.26. The average molecular weight is 381 g/mol. The number of aldehydes is 1. The van der Waals surface area contributed by atoms with Gasteiger partial charge in [-0.15, -0.1) is 0 Å². The molecule has 29 heavy (non-hydrogen) atoms. The van der Waals surface area contributed by atoms with Crippen LogP contribution in [0.5, 0.6) is 0 Å². The van der Waals surface area contributed by atoms with E-state index >= 15 is 0 Å². The van der Waals surface area contributed by atoms with Crippen LogP contribution in [0.15, 0.2) is 54.6 Å². The van der Waals surface area contributed by atoms with E-state index in [1.165, 1.54) is 71.6 Å². The van der Waals surface area contributed by atoms with Crippen molar-refractivity contribution in [3.63, 3.8) is 0 Å². The van der Waals surface area contributed by atoms with E-state index in [0.717, 1.165) is 29.6 Å². The third kappa shape index (κ3) is 2.78. The van der Waals surface area contributed by atoms with Crippen LogP contribution in [-0.4, -0.2) is 6.29 Å². The molecule has 0 unspecified atom stereocenters. The van der Waals surface area contributed by atoms with Crippen molar-refractivity contribution in [2.75, 3.05) is 0 Å². The molecule has 0 amide bonds. The van der Waals surface area contributed by atoms with Gasteiger partial charge in [0, 0.05) is 5.56 Å². The topological polar surface area (TPSA) is 17.1 Å². The van der Waals surface area contributed by atoms with Gasteiger partial charge in [0.15, 0.2) is 0 Å². The van der Waals surface area contributed by atoms with Gasteiger partial charge in [0.1, 0.15) is 6.29 Å². The van der Waals surface area contributed by atoms with Crippen molar-refractivity contribution in [1.82, 2.24) is 0 Å². The Morgan fingerprint density at radius 1 is 0.759 bits per heavy atom. The Kier molecular flexibility index (Phi) is 3.79. The summed E-state index contributed by atoms with van der Waals surface area (Å²) in [4.78, 5) is 12.0. The van der Waals surface area contributed by atoms with E-state index in [1.807, 2.05) is 0 Å². The predicted molar refractivity (Wildman–Crippen MR) is 119 cm³/mol. The quantitative estimate of drug-likeness (QED) is 0.443. The molecule has 0 radical (unpaired) electrons. The zero-order valence-corrected chi connectivity index (χ0v) is 17.2. The summed E-state index contributed by atoms with van der Waals surface area (Å²) in [5.41, 5.74) is 6.31. The van der Waals surface area contributed by atoms with Gasteiger partial charge >= 0.3 is 0 Å². The second-order valence-electron chi connectivity index (χ2n) is 10.2. The Hall–Kier alpha value is -2.41. The minimum Gasteiger partial charge on any atom is -0.298 e. The lowest BCUT2D eigenvalue weighted by atomic mass is 9.47. The van der Waals surface area contributed by atoms with E-state index in [1.54, 1.807) is 0 Å². The Balaban J connectivity index is 1.46. The van der Waals surface area contributed by atoms with E-state index in [0.29, 0.717) is 0 Å². The monoisotopic (exact) mass is 380 g/mol. The van der Waals surface area contributed by atoms with Gasteiger partial charge in [0.05, 0.1) is 0 Å². The average Bonchev–Trinajstić information content (AvgIpc) is 2.72. The molecule has 0 spiro atoms. The second-order valence-corrected chi connectivity index (χ2v) is 10.2. The number of hydrogen-bond donors (Lipinski definition) is 0. The molecule has 0 saturated heterocycles. The number of aryl methyl sites for hydroxylation is 1. The highest BCUT2D eigenvalue weighted by Crippen LogP contribution is 2.61. The van der Waals surface area contributed by atoms with Gasteiger partial charge in [0.25, 0.3) is 0 Å². The lowest BCUT2D eigenvalue weighted by molar-refractivity contribution is -0.00541. The fourth-order valence-corrected chi connectivity index (χ4v) is 7.28. The van der Waals surface area contributed by atoms with Crippen LogP contribution in [0, 0.1) is 24.7 Å². The largest absolute Gasteiger partial charge is 0.298 e. The van der Waals surface area contributed by atoms with E-state index in [-0.39, 0.29) is 5.41 Å². The van der Waals surface area contributed by atoms with Crippen molar-refractivity contribution in [1.29, 1.82) is 0 Å². The van der Waals surface area contributed by atoms with Crippen molar-refractivity contribution in [2.45, 2.75) is 50.9 Å². The Morgan fingerprint density at radius 2 is 1.34 bits per heavy atom. The van der Waals surface area contributed by atoms with Crippen LogP contribution in [0.4, 0.5) is 0 Å². The van der Waals surface area contributed by atoms with Gasteiger partial charge in [-0.1, -0.05) is 48.0 Å². The van der Waals surface area contributed by atoms with Gasteiger partial charge < -0.3 is 0 Å². The van der Waals surface area contributed by atoms with Gasteiger partial charge in [0.2, 0.25) is 0 Å². The predicted octanol–water partition coefficient (Wildman–Crippen LogP) is 7.10. The first-order valence-corrected chi connectivity index (χ1v) is 11.2. The van der Waals surface area contributed by atoms with E-state index in [2.05, 4.69) is 61.5 Å². The van der Waals surface area contributed by atoms with Crippen molar-refractivity contribution < 1.29 is 4.79 Å². The second kappa shape index (κ2) is 6.29. The maximum absolute atomic E-state index is 12.0. The fraction of sp³-hybridized carbons (Fsp3) is 0.393. The summed E-state index contributed by atoms with van der Waals surface area (Å²) in [6.45, 7) is 2.14. The van der Waals surface area contributed by atoms with Gasteiger partial charge in [-0.3, -0.25) is 4.79 Å². The number of rotatable bonds is 3. The lowest BCUT2D eigenvalue weighted by Crippen LogP contribution is -2.48. The van der Waals surface area contributed by atoms with Crippen molar-refractivity contribution in [3.05, 3.63) is 71.3 Å². The molecule has 0 atom stereocenters. The molecule has 4 bridgehead atoms. The standard InChI is InChI=1S/C28H28O/c1-18-2-3-23-12-24(5-4-22(23)8-18)25-6-7-26(17-29)27(13-25)28-14-19-9-20(15-28)11-21(10-19)16-28/h2-8,12-13,17,19-21H,9-11,14-16H2,1H3. The van der Waals surface area contributed by atoms with Crippen LogP contribution < -0.4 is 0 Å². The normalized spacial score (nSPS) is 30.0. The van der Waals surface area contributed by atoms with Crippen molar-refractivity contribution in [2.24, 2.45) is 17.8 Å². The molecule has 4 aliphatic rings. The number of hydrogen-bond acceptors (Lipinski definition) is 1. The molecule has 4 aliphatic carbocycles. The first kappa shape index (κ1) is 17.4. The maximum atomic E-state index is 12.0. The molecule has 146 valence electrons. The SMILES string of the molecule is Cc1ccc2cc(-c3ccc(C=O)c(C45CC6CC(CC(C6)C4)C5)c3)ccc2c1. The number of carbonyl (C=O) groups is 1. The first-order chi connectivity index (χ1) is 14.1. The molecule has 0 aromatic heterocycles.